The molecule has 2 rings (SSSR count). The highest BCUT2D eigenvalue weighted by atomic mass is 16.4. The smallest absolute Gasteiger partial charge is 0.225 e. The average Bonchev–Trinajstić information content (AvgIpc) is 2.87. The molecule has 0 aromatic heterocycles. The summed E-state index contributed by atoms with van der Waals surface area (Å²) < 4.78 is 0. The summed E-state index contributed by atoms with van der Waals surface area (Å²) in [7, 11) is 0. The Labute approximate surface area is 117 Å². The molecule has 0 aliphatic heterocycles. The van der Waals surface area contributed by atoms with Crippen LogP contribution in [0.2, 0.25) is 0 Å². The molecule has 0 bridgehead atoms. The standard InChI is InChI=1S/C14H19N3O3/c15-13(17-20)14(6-1-2-7-14)16-12(19)9-10-4-3-5-11(18)8-10/h3-5,8,18,20H,1-2,6-7,9H2,(H2,15,17)(H,16,19). The van der Waals surface area contributed by atoms with Gasteiger partial charge in [-0.05, 0) is 30.5 Å². The quantitative estimate of drug-likeness (QED) is 0.286. The maximum absolute atomic E-state index is 12.1. The molecule has 1 fully saturated rings. The van der Waals surface area contributed by atoms with Crippen LogP contribution in [-0.4, -0.2) is 27.6 Å². The molecule has 0 atom stereocenters. The first-order valence-corrected chi connectivity index (χ1v) is 6.63. The third-order valence-corrected chi connectivity index (χ3v) is 3.71. The topological polar surface area (TPSA) is 108 Å². The van der Waals surface area contributed by atoms with Gasteiger partial charge in [-0.15, -0.1) is 0 Å². The Hall–Kier alpha value is -2.24. The number of carbonyl (C=O) groups is 1. The van der Waals surface area contributed by atoms with Crippen LogP contribution in [0.5, 0.6) is 5.75 Å². The van der Waals surface area contributed by atoms with Crippen LogP contribution in [0.3, 0.4) is 0 Å². The highest BCUT2D eigenvalue weighted by Crippen LogP contribution is 2.30. The zero-order valence-corrected chi connectivity index (χ0v) is 11.2. The van der Waals surface area contributed by atoms with E-state index in [-0.39, 0.29) is 23.9 Å². The molecule has 6 heteroatoms. The fourth-order valence-electron chi connectivity index (χ4n) is 2.68. The van der Waals surface area contributed by atoms with Gasteiger partial charge >= 0.3 is 0 Å². The van der Waals surface area contributed by atoms with E-state index in [0.717, 1.165) is 18.4 Å². The van der Waals surface area contributed by atoms with Gasteiger partial charge in [-0.1, -0.05) is 30.1 Å². The van der Waals surface area contributed by atoms with Crippen molar-refractivity contribution in [3.05, 3.63) is 29.8 Å². The summed E-state index contributed by atoms with van der Waals surface area (Å²) in [5, 5.41) is 24.2. The fraction of sp³-hybridized carbons (Fsp3) is 0.429. The first-order chi connectivity index (χ1) is 9.55. The van der Waals surface area contributed by atoms with E-state index < -0.39 is 5.54 Å². The van der Waals surface area contributed by atoms with Crippen molar-refractivity contribution in [2.24, 2.45) is 10.9 Å². The molecule has 20 heavy (non-hydrogen) atoms. The van der Waals surface area contributed by atoms with Crippen molar-refractivity contribution in [1.29, 1.82) is 0 Å². The highest BCUT2D eigenvalue weighted by molar-refractivity contribution is 5.94. The minimum atomic E-state index is -0.733. The first-order valence-electron chi connectivity index (χ1n) is 6.63. The zero-order chi connectivity index (χ0) is 14.6. The van der Waals surface area contributed by atoms with Crippen LogP contribution in [0.25, 0.3) is 0 Å². The molecule has 0 radical (unpaired) electrons. The molecule has 1 aliphatic rings. The van der Waals surface area contributed by atoms with E-state index >= 15 is 0 Å². The van der Waals surface area contributed by atoms with Gasteiger partial charge in [0.15, 0.2) is 5.84 Å². The van der Waals surface area contributed by atoms with Gasteiger partial charge in [0.25, 0.3) is 0 Å². The zero-order valence-electron chi connectivity index (χ0n) is 11.2. The number of nitrogens with zero attached hydrogens (tertiary/aromatic N) is 1. The largest absolute Gasteiger partial charge is 0.508 e. The van der Waals surface area contributed by atoms with Gasteiger partial charge < -0.3 is 21.4 Å². The lowest BCUT2D eigenvalue weighted by Gasteiger charge is -2.28. The monoisotopic (exact) mass is 277 g/mol. The number of aromatic hydroxyl groups is 1. The Balaban J connectivity index is 2.06. The lowest BCUT2D eigenvalue weighted by Crippen LogP contribution is -2.56. The maximum atomic E-state index is 12.1. The van der Waals surface area contributed by atoms with Crippen molar-refractivity contribution in [1.82, 2.24) is 5.32 Å². The Bertz CT molecular complexity index is 522. The third-order valence-electron chi connectivity index (χ3n) is 3.71. The molecular weight excluding hydrogens is 258 g/mol. The van der Waals surface area contributed by atoms with E-state index in [9.17, 15) is 9.90 Å². The number of benzene rings is 1. The molecule has 5 N–H and O–H groups in total. The second-order valence-corrected chi connectivity index (χ2v) is 5.17. The molecule has 1 amide bonds. The SMILES string of the molecule is NC(=NO)C1(NC(=O)Cc2cccc(O)c2)CCCC1. The van der Waals surface area contributed by atoms with E-state index in [1.54, 1.807) is 24.3 Å². The number of amidine groups is 1. The van der Waals surface area contributed by atoms with Crippen LogP contribution in [0.4, 0.5) is 0 Å². The molecule has 1 aromatic carbocycles. The first kappa shape index (κ1) is 14.2. The number of phenols is 1. The van der Waals surface area contributed by atoms with Gasteiger partial charge in [0.1, 0.15) is 11.3 Å². The summed E-state index contributed by atoms with van der Waals surface area (Å²) in [4.78, 5) is 12.1. The minimum absolute atomic E-state index is 0.0549. The van der Waals surface area contributed by atoms with Gasteiger partial charge in [-0.2, -0.15) is 0 Å². The molecular formula is C14H19N3O3. The summed E-state index contributed by atoms with van der Waals surface area (Å²) in [6.07, 6.45) is 3.36. The fourth-order valence-corrected chi connectivity index (χ4v) is 2.68. The van der Waals surface area contributed by atoms with Crippen molar-refractivity contribution in [2.75, 3.05) is 0 Å². The number of carbonyl (C=O) groups excluding carboxylic acids is 1. The predicted octanol–water partition coefficient (Wildman–Crippen LogP) is 1.11. The van der Waals surface area contributed by atoms with E-state index in [1.807, 2.05) is 0 Å². The van der Waals surface area contributed by atoms with Gasteiger partial charge in [0.05, 0.1) is 6.42 Å². The van der Waals surface area contributed by atoms with Gasteiger partial charge in [-0.25, -0.2) is 0 Å². The van der Waals surface area contributed by atoms with E-state index in [1.165, 1.54) is 0 Å². The lowest BCUT2D eigenvalue weighted by molar-refractivity contribution is -0.121. The Kier molecular flexibility index (Phi) is 4.12. The summed E-state index contributed by atoms with van der Waals surface area (Å²) in [6, 6.07) is 6.55. The van der Waals surface area contributed by atoms with E-state index in [0.29, 0.717) is 12.8 Å². The summed E-state index contributed by atoms with van der Waals surface area (Å²) in [6.45, 7) is 0. The number of oxime groups is 1. The number of phenolic OH excluding ortho intramolecular Hbond substituents is 1. The normalized spacial score (nSPS) is 17.9. The Morgan fingerprint density at radius 3 is 2.70 bits per heavy atom. The molecule has 108 valence electrons. The molecule has 1 aromatic rings. The summed E-state index contributed by atoms with van der Waals surface area (Å²) in [5.41, 5.74) is 5.71. The second-order valence-electron chi connectivity index (χ2n) is 5.17. The van der Waals surface area contributed by atoms with Crippen LogP contribution in [0.1, 0.15) is 31.2 Å². The molecule has 6 nitrogen and oxygen atoms in total. The van der Waals surface area contributed by atoms with Gasteiger partial charge in [0, 0.05) is 0 Å². The van der Waals surface area contributed by atoms with Crippen molar-refractivity contribution >= 4 is 11.7 Å². The molecule has 0 unspecified atom stereocenters. The van der Waals surface area contributed by atoms with Crippen LogP contribution in [0.15, 0.2) is 29.4 Å². The second kappa shape index (κ2) is 5.81. The number of hydrogen-bond donors (Lipinski definition) is 4. The van der Waals surface area contributed by atoms with Crippen LogP contribution in [-0.2, 0) is 11.2 Å². The van der Waals surface area contributed by atoms with Crippen LogP contribution in [0, 0.1) is 0 Å². The van der Waals surface area contributed by atoms with Crippen molar-refractivity contribution in [3.63, 3.8) is 0 Å². The third kappa shape index (κ3) is 3.01. The van der Waals surface area contributed by atoms with Gasteiger partial charge in [-0.3, -0.25) is 4.79 Å². The van der Waals surface area contributed by atoms with E-state index in [2.05, 4.69) is 10.5 Å². The lowest BCUT2D eigenvalue weighted by atomic mass is 9.95. The van der Waals surface area contributed by atoms with Crippen molar-refractivity contribution in [3.8, 4) is 5.75 Å². The number of rotatable bonds is 4. The number of nitrogens with one attached hydrogen (secondary N) is 1. The summed E-state index contributed by atoms with van der Waals surface area (Å²) in [5.74, 6) is -0.0225. The van der Waals surface area contributed by atoms with Gasteiger partial charge in [0.2, 0.25) is 5.91 Å². The van der Waals surface area contributed by atoms with Crippen LogP contribution >= 0.6 is 0 Å². The molecule has 0 heterocycles. The molecule has 0 saturated heterocycles. The van der Waals surface area contributed by atoms with Crippen LogP contribution < -0.4 is 11.1 Å². The predicted molar refractivity (Wildman–Crippen MR) is 74.6 cm³/mol. The molecule has 0 spiro atoms. The maximum Gasteiger partial charge on any atom is 0.225 e. The Morgan fingerprint density at radius 2 is 2.10 bits per heavy atom. The number of nitrogens with two attached hydrogens (primary N) is 1. The van der Waals surface area contributed by atoms with E-state index in [4.69, 9.17) is 10.9 Å². The number of amides is 1. The highest BCUT2D eigenvalue weighted by Gasteiger charge is 2.39. The average molecular weight is 277 g/mol. The Morgan fingerprint density at radius 1 is 1.40 bits per heavy atom. The molecule has 1 aliphatic carbocycles. The number of hydrogen-bond acceptors (Lipinski definition) is 4. The summed E-state index contributed by atoms with van der Waals surface area (Å²) >= 11 is 0. The van der Waals surface area contributed by atoms with Crippen molar-refractivity contribution < 1.29 is 15.1 Å². The van der Waals surface area contributed by atoms with Crippen molar-refractivity contribution in [2.45, 2.75) is 37.6 Å². The molecule has 1 saturated carbocycles. The minimum Gasteiger partial charge on any atom is -0.508 e.